The van der Waals surface area contributed by atoms with Crippen molar-refractivity contribution in [1.29, 1.82) is 0 Å². The predicted octanol–water partition coefficient (Wildman–Crippen LogP) is -3.36. The average molecular weight is 1280 g/mol. The molecule has 0 aromatic heterocycles. The van der Waals surface area contributed by atoms with Crippen LogP contribution in [0, 0.1) is 0 Å². The van der Waals surface area contributed by atoms with Crippen molar-refractivity contribution >= 4 is 198 Å². The second-order valence-electron chi connectivity index (χ2n) is 0. The molecule has 17 heavy (non-hydrogen) atoms. The SMILES string of the molecule is [Bi+3].[Bi+3].[Cu+2].[Cu+2].[O-2].[O-2].[O-2].[O-2].[O-2].[O-2].[O-2].[O-2].[O-2].[Pb+2].[Pb+2].[Sr+2].[Sr+2]. The van der Waals surface area contributed by atoms with Crippen molar-refractivity contribution in [2.45, 2.75) is 0 Å². The smallest absolute Gasteiger partial charge is 2.00 e. The minimum absolute atomic E-state index is 0. The Kier molecular flexibility index (Phi) is 3210. The van der Waals surface area contributed by atoms with E-state index < -0.39 is 0 Å². The van der Waals surface area contributed by atoms with E-state index in [2.05, 4.69) is 0 Å². The van der Waals surface area contributed by atoms with E-state index in [9.17, 15) is 0 Å². The van der Waals surface area contributed by atoms with Gasteiger partial charge in [0.1, 0.15) is 0 Å². The fourth-order valence-electron chi connectivity index (χ4n) is 0. The summed E-state index contributed by atoms with van der Waals surface area (Å²) in [4.78, 5) is 0. The molecule has 0 fully saturated rings. The Morgan fingerprint density at radius 3 is 0.294 bits per heavy atom. The topological polar surface area (TPSA) is 256 Å². The molecule has 98 valence electrons. The van der Waals surface area contributed by atoms with Gasteiger partial charge >= 0.3 is 232 Å². The fourth-order valence-corrected chi connectivity index (χ4v) is 0. The van der Waals surface area contributed by atoms with Crippen molar-refractivity contribution in [2.24, 2.45) is 0 Å². The molecule has 0 aliphatic rings. The summed E-state index contributed by atoms with van der Waals surface area (Å²) >= 11 is 0. The third-order valence-electron chi connectivity index (χ3n) is 0. The summed E-state index contributed by atoms with van der Waals surface area (Å²) in [7, 11) is 0. The Hall–Kier alpha value is 7.25. The minimum atomic E-state index is 0. The van der Waals surface area contributed by atoms with E-state index in [4.69, 9.17) is 0 Å². The van der Waals surface area contributed by atoms with Gasteiger partial charge in [0.05, 0.1) is 0 Å². The second kappa shape index (κ2) is 219. The molecule has 10 radical (unpaired) electrons. The third kappa shape index (κ3) is 200. The van der Waals surface area contributed by atoms with Crippen LogP contribution in [0.4, 0.5) is 0 Å². The van der Waals surface area contributed by atoms with Crippen LogP contribution in [-0.4, -0.2) is 198 Å². The largest absolute Gasteiger partial charge is 3.00 e. The molecule has 0 aliphatic heterocycles. The van der Waals surface area contributed by atoms with Gasteiger partial charge in [-0.1, -0.05) is 0 Å². The average Bonchev–Trinajstić information content (AvgIpc) is 0. The number of rotatable bonds is 0. The summed E-state index contributed by atoms with van der Waals surface area (Å²) in [6.07, 6.45) is 0. The van der Waals surface area contributed by atoms with Crippen LogP contribution < -0.4 is 0 Å². The maximum absolute atomic E-state index is 0. The minimum Gasteiger partial charge on any atom is -2.00 e. The molecule has 17 heteroatoms. The zero-order chi connectivity index (χ0) is 0. The summed E-state index contributed by atoms with van der Waals surface area (Å²) in [6, 6.07) is 0. The summed E-state index contributed by atoms with van der Waals surface area (Å²) in [6.45, 7) is 0. The van der Waals surface area contributed by atoms with Gasteiger partial charge in [-0.15, -0.1) is 0 Å². The monoisotopic (exact) mass is 1280 g/mol. The van der Waals surface area contributed by atoms with E-state index in [0.717, 1.165) is 0 Å². The Balaban J connectivity index is 0. The van der Waals surface area contributed by atoms with Gasteiger partial charge in [0.15, 0.2) is 0 Å². The van der Waals surface area contributed by atoms with Crippen molar-refractivity contribution in [1.82, 2.24) is 0 Å². The van der Waals surface area contributed by atoms with Gasteiger partial charge in [-0.25, -0.2) is 0 Å². The maximum atomic E-state index is 0. The van der Waals surface area contributed by atoms with Crippen molar-refractivity contribution in [3.8, 4) is 0 Å². The quantitative estimate of drug-likeness (QED) is 0.216. The first-order valence-corrected chi connectivity index (χ1v) is 0. The van der Waals surface area contributed by atoms with E-state index >= 15 is 0 Å². The molecule has 0 N–H and O–H groups in total. The number of hydrogen-bond acceptors (Lipinski definition) is 0. The van der Waals surface area contributed by atoms with E-state index in [1.807, 2.05) is 0 Å². The first kappa shape index (κ1) is 249. The van der Waals surface area contributed by atoms with Crippen LogP contribution in [0.15, 0.2) is 0 Å². The standard InChI is InChI=1S/2Bi.2Cu.9O.2Pb.2Sr/q2*+3;2*+2;9*-2;4*+2. The summed E-state index contributed by atoms with van der Waals surface area (Å²) in [5.74, 6) is 0. The molecule has 0 amide bonds. The van der Waals surface area contributed by atoms with Crippen molar-refractivity contribution in [3.63, 3.8) is 0 Å². The molecular weight excluding hydrogens is 1280 g/mol. The molecule has 0 unspecified atom stereocenters. The molecule has 0 aromatic rings. The van der Waals surface area contributed by atoms with E-state index in [0.29, 0.717) is 0 Å². The van der Waals surface area contributed by atoms with Crippen molar-refractivity contribution in [2.75, 3.05) is 0 Å². The van der Waals surface area contributed by atoms with Crippen LogP contribution in [-0.2, 0) is 83.4 Å². The molecule has 0 bridgehead atoms. The molecule has 9 nitrogen and oxygen atoms in total. The Bertz CT molecular complexity index is 33.0. The molecule has 0 aliphatic carbocycles. The van der Waals surface area contributed by atoms with Gasteiger partial charge in [0.2, 0.25) is 0 Å². The van der Waals surface area contributed by atoms with Crippen molar-refractivity contribution in [3.05, 3.63) is 0 Å². The van der Waals surface area contributed by atoms with E-state index in [1.54, 1.807) is 0 Å². The summed E-state index contributed by atoms with van der Waals surface area (Å²) < 4.78 is 0. The maximum Gasteiger partial charge on any atom is 3.00 e. The van der Waals surface area contributed by atoms with Gasteiger partial charge in [0.25, 0.3) is 0 Å². The van der Waals surface area contributed by atoms with Gasteiger partial charge in [-0.3, -0.25) is 0 Å². The molecule has 0 aromatic carbocycles. The van der Waals surface area contributed by atoms with E-state index in [1.165, 1.54) is 0 Å². The molecule has 0 atom stereocenters. The molecule has 0 saturated heterocycles. The van der Waals surface area contributed by atoms with Crippen LogP contribution in [0.3, 0.4) is 0 Å². The van der Waals surface area contributed by atoms with Crippen LogP contribution in [0.1, 0.15) is 0 Å². The zero-order valence-corrected chi connectivity index (χ0v) is 31.2. The van der Waals surface area contributed by atoms with Crippen LogP contribution >= 0.6 is 0 Å². The molecule has 0 heterocycles. The van der Waals surface area contributed by atoms with Gasteiger partial charge in [-0.05, 0) is 0 Å². The second-order valence-corrected chi connectivity index (χ2v) is 0. The molecule has 0 spiro atoms. The third-order valence-corrected chi connectivity index (χ3v) is 0. The summed E-state index contributed by atoms with van der Waals surface area (Å²) in [5.41, 5.74) is 0. The first-order chi connectivity index (χ1) is 0. The van der Waals surface area contributed by atoms with Crippen LogP contribution in [0.2, 0.25) is 0 Å². The van der Waals surface area contributed by atoms with Crippen LogP contribution in [0.5, 0.6) is 0 Å². The van der Waals surface area contributed by atoms with E-state index in [-0.39, 0.29) is 281 Å². The fraction of sp³-hybridized carbons (Fsp3) is 0. The molecule has 0 rings (SSSR count). The molecular formula is Bi2Cu2O9Pb2Sr2. The summed E-state index contributed by atoms with van der Waals surface area (Å²) in [5, 5.41) is 0. The number of hydrogen-bond donors (Lipinski definition) is 0. The van der Waals surface area contributed by atoms with Gasteiger partial charge in [-0.2, -0.15) is 0 Å². The zero-order valence-electron chi connectivity index (χ0n) is 7.59. The normalized spacial score (nSPS) is 0. The van der Waals surface area contributed by atoms with Crippen molar-refractivity contribution < 1.29 is 83.4 Å². The van der Waals surface area contributed by atoms with Gasteiger partial charge < -0.3 is 49.3 Å². The van der Waals surface area contributed by atoms with Gasteiger partial charge in [0, 0.05) is 0 Å². The Morgan fingerprint density at radius 1 is 0.294 bits per heavy atom. The first-order valence-electron chi connectivity index (χ1n) is 0. The Labute approximate surface area is 274 Å². The predicted molar refractivity (Wildman–Crippen MR) is 40.7 cm³/mol. The molecule has 0 saturated carbocycles. The Morgan fingerprint density at radius 2 is 0.294 bits per heavy atom. The van der Waals surface area contributed by atoms with Crippen LogP contribution in [0.25, 0.3) is 0 Å².